The molecular weight excluding hydrogens is 524 g/mol. The first kappa shape index (κ1) is 31.6. The molecule has 1 aliphatic heterocycles. The third kappa shape index (κ3) is 7.45. The van der Waals surface area contributed by atoms with Crippen molar-refractivity contribution in [3.05, 3.63) is 65.2 Å². The van der Waals surface area contributed by atoms with Crippen molar-refractivity contribution in [2.75, 3.05) is 6.61 Å². The van der Waals surface area contributed by atoms with Crippen molar-refractivity contribution < 1.29 is 33.4 Å². The monoisotopic (exact) mass is 566 g/mol. The highest BCUT2D eigenvalue weighted by Crippen LogP contribution is 2.46. The number of urea groups is 1. The van der Waals surface area contributed by atoms with E-state index >= 15 is 0 Å². The van der Waals surface area contributed by atoms with Crippen LogP contribution in [0.25, 0.3) is 0 Å². The fraction of sp³-hybridized carbons (Fsp3) is 0.500. The Kier molecular flexibility index (Phi) is 10.2. The molecule has 222 valence electrons. The highest BCUT2D eigenvalue weighted by atomic mass is 16.6. The van der Waals surface area contributed by atoms with E-state index in [9.17, 15) is 19.2 Å². The van der Waals surface area contributed by atoms with Gasteiger partial charge in [0, 0.05) is 0 Å². The molecular formula is C32H42N2O7. The van der Waals surface area contributed by atoms with Crippen LogP contribution in [0.1, 0.15) is 94.8 Å². The van der Waals surface area contributed by atoms with Gasteiger partial charge >= 0.3 is 18.0 Å². The molecule has 0 aliphatic carbocycles. The summed E-state index contributed by atoms with van der Waals surface area (Å²) < 4.78 is 16.4. The van der Waals surface area contributed by atoms with Crippen molar-refractivity contribution in [2.45, 2.75) is 92.0 Å². The number of nitrogens with one attached hydrogen (secondary N) is 1. The van der Waals surface area contributed by atoms with Crippen molar-refractivity contribution in [1.82, 2.24) is 10.2 Å². The quantitative estimate of drug-likeness (QED) is 0.258. The minimum atomic E-state index is -0.841. The van der Waals surface area contributed by atoms with Gasteiger partial charge in [-0.05, 0) is 76.8 Å². The Hall–Kier alpha value is -3.88. The van der Waals surface area contributed by atoms with E-state index in [4.69, 9.17) is 14.2 Å². The number of aryl methyl sites for hydroxylation is 1. The molecule has 2 aromatic carbocycles. The zero-order valence-corrected chi connectivity index (χ0v) is 25.1. The van der Waals surface area contributed by atoms with E-state index in [-0.39, 0.29) is 17.5 Å². The van der Waals surface area contributed by atoms with Crippen LogP contribution in [0, 0.1) is 12.3 Å². The lowest BCUT2D eigenvalue weighted by Gasteiger charge is -2.53. The molecule has 0 bridgehead atoms. The summed E-state index contributed by atoms with van der Waals surface area (Å²) in [5, 5.41) is 3.04. The molecule has 0 radical (unpaired) electrons. The standard InChI is InChI=1S/C32H42N2O7/c1-8-11-25(22-14-12-21(4)13-15-22)33-30(38)34-28(37)32(9-2,10-3)29(34)40-24-18-16-23(17-19-24)27(36)39-20-26(35)41-31(5,6)7/h12-19,25,29H,8-11,20H2,1-7H3,(H,33,38)/t25-,29-/m0/s1. The highest BCUT2D eigenvalue weighted by Gasteiger charge is 2.63. The Morgan fingerprint density at radius 3 is 2.12 bits per heavy atom. The molecule has 2 aromatic rings. The highest BCUT2D eigenvalue weighted by molar-refractivity contribution is 6.03. The van der Waals surface area contributed by atoms with Gasteiger partial charge in [-0.2, -0.15) is 0 Å². The number of nitrogens with zero attached hydrogens (tertiary/aromatic N) is 1. The summed E-state index contributed by atoms with van der Waals surface area (Å²) in [6.07, 6.45) is 1.77. The van der Waals surface area contributed by atoms with Gasteiger partial charge in [0.15, 0.2) is 12.8 Å². The average Bonchev–Trinajstić information content (AvgIpc) is 2.92. The van der Waals surface area contributed by atoms with Crippen molar-refractivity contribution in [2.24, 2.45) is 5.41 Å². The first-order valence-corrected chi connectivity index (χ1v) is 14.2. The lowest BCUT2D eigenvalue weighted by Crippen LogP contribution is -2.73. The number of hydrogen-bond donors (Lipinski definition) is 1. The minimum absolute atomic E-state index is 0.220. The molecule has 1 fully saturated rings. The van der Waals surface area contributed by atoms with Crippen LogP contribution in [-0.4, -0.2) is 47.2 Å². The number of likely N-dealkylation sites (tertiary alicyclic amines) is 1. The molecule has 0 aromatic heterocycles. The predicted molar refractivity (Wildman–Crippen MR) is 154 cm³/mol. The molecule has 9 heteroatoms. The summed E-state index contributed by atoms with van der Waals surface area (Å²) in [6.45, 7) is 12.5. The van der Waals surface area contributed by atoms with E-state index in [0.29, 0.717) is 18.6 Å². The topological polar surface area (TPSA) is 111 Å². The third-order valence-electron chi connectivity index (χ3n) is 7.27. The fourth-order valence-electron chi connectivity index (χ4n) is 4.90. The Bertz CT molecular complexity index is 1230. The largest absolute Gasteiger partial charge is 0.469 e. The van der Waals surface area contributed by atoms with Crippen LogP contribution in [0.15, 0.2) is 48.5 Å². The van der Waals surface area contributed by atoms with Crippen molar-refractivity contribution in [3.8, 4) is 5.75 Å². The second-order valence-electron chi connectivity index (χ2n) is 11.4. The van der Waals surface area contributed by atoms with Gasteiger partial charge in [0.25, 0.3) is 0 Å². The lowest BCUT2D eigenvalue weighted by atomic mass is 9.72. The fourth-order valence-corrected chi connectivity index (χ4v) is 4.90. The van der Waals surface area contributed by atoms with Gasteiger partial charge in [-0.3, -0.25) is 4.79 Å². The van der Waals surface area contributed by atoms with Gasteiger partial charge in [-0.15, -0.1) is 0 Å². The van der Waals surface area contributed by atoms with Crippen LogP contribution in [0.2, 0.25) is 0 Å². The van der Waals surface area contributed by atoms with Crippen LogP contribution in [0.3, 0.4) is 0 Å². The smallest absolute Gasteiger partial charge is 0.344 e. The molecule has 0 saturated carbocycles. The number of carbonyl (C=O) groups excluding carboxylic acids is 4. The minimum Gasteiger partial charge on any atom is -0.469 e. The Morgan fingerprint density at radius 1 is 0.976 bits per heavy atom. The number of β-lactam (4-membered cyclic amide) rings is 1. The van der Waals surface area contributed by atoms with E-state index in [0.717, 1.165) is 28.9 Å². The van der Waals surface area contributed by atoms with Crippen LogP contribution in [0.5, 0.6) is 5.75 Å². The van der Waals surface area contributed by atoms with E-state index in [1.54, 1.807) is 32.9 Å². The molecule has 9 nitrogen and oxygen atoms in total. The molecule has 1 aliphatic rings. The van der Waals surface area contributed by atoms with Gasteiger partial charge in [0.05, 0.1) is 11.6 Å². The Labute approximate surface area is 242 Å². The van der Waals surface area contributed by atoms with Crippen LogP contribution in [0.4, 0.5) is 4.79 Å². The number of amides is 3. The number of esters is 2. The van der Waals surface area contributed by atoms with Gasteiger partial charge in [-0.25, -0.2) is 19.3 Å². The normalized spacial score (nSPS) is 16.8. The van der Waals surface area contributed by atoms with E-state index < -0.39 is 41.8 Å². The molecule has 41 heavy (non-hydrogen) atoms. The number of ether oxygens (including phenoxy) is 3. The van der Waals surface area contributed by atoms with E-state index in [1.807, 2.05) is 52.0 Å². The predicted octanol–water partition coefficient (Wildman–Crippen LogP) is 6.10. The van der Waals surface area contributed by atoms with Crippen LogP contribution >= 0.6 is 0 Å². The van der Waals surface area contributed by atoms with Crippen molar-refractivity contribution in [3.63, 3.8) is 0 Å². The number of imide groups is 1. The summed E-state index contributed by atoms with van der Waals surface area (Å²) in [7, 11) is 0. The van der Waals surface area contributed by atoms with Gasteiger partial charge in [0.1, 0.15) is 16.8 Å². The van der Waals surface area contributed by atoms with E-state index in [1.165, 1.54) is 12.1 Å². The molecule has 0 spiro atoms. The summed E-state index contributed by atoms with van der Waals surface area (Å²) >= 11 is 0. The van der Waals surface area contributed by atoms with Crippen LogP contribution in [-0.2, 0) is 19.1 Å². The maximum absolute atomic E-state index is 13.5. The average molecular weight is 567 g/mol. The molecule has 3 rings (SSSR count). The Morgan fingerprint density at radius 2 is 1.59 bits per heavy atom. The lowest BCUT2D eigenvalue weighted by molar-refractivity contribution is -0.191. The number of benzene rings is 2. The van der Waals surface area contributed by atoms with E-state index in [2.05, 4.69) is 5.32 Å². The summed E-state index contributed by atoms with van der Waals surface area (Å²) in [5.41, 5.74) is 0.798. The van der Waals surface area contributed by atoms with Gasteiger partial charge in [0.2, 0.25) is 5.91 Å². The molecule has 1 N–H and O–H groups in total. The molecule has 2 atom stereocenters. The van der Waals surface area contributed by atoms with Crippen LogP contribution < -0.4 is 10.1 Å². The molecule has 0 unspecified atom stereocenters. The molecule has 1 heterocycles. The second kappa shape index (κ2) is 13.2. The molecule has 1 saturated heterocycles. The molecule has 3 amide bonds. The summed E-state index contributed by atoms with van der Waals surface area (Å²) in [5.74, 6) is -1.21. The number of hydrogen-bond acceptors (Lipinski definition) is 7. The maximum atomic E-state index is 13.5. The van der Waals surface area contributed by atoms with Gasteiger partial charge < -0.3 is 19.5 Å². The van der Waals surface area contributed by atoms with Crippen molar-refractivity contribution in [1.29, 1.82) is 0 Å². The number of carbonyl (C=O) groups is 4. The zero-order valence-electron chi connectivity index (χ0n) is 25.1. The first-order valence-electron chi connectivity index (χ1n) is 14.2. The maximum Gasteiger partial charge on any atom is 0.344 e. The van der Waals surface area contributed by atoms with Crippen molar-refractivity contribution >= 4 is 23.9 Å². The zero-order chi connectivity index (χ0) is 30.4. The SMILES string of the molecule is CCC[C@H](NC(=O)N1C(=O)C(CC)(CC)[C@@H]1Oc1ccc(C(=O)OCC(=O)OC(C)(C)C)cc1)c1ccc(C)cc1. The second-order valence-corrected chi connectivity index (χ2v) is 11.4. The summed E-state index contributed by atoms with van der Waals surface area (Å²) in [6, 6.07) is 13.4. The number of rotatable bonds is 11. The first-order chi connectivity index (χ1) is 19.3. The third-order valence-corrected chi connectivity index (χ3v) is 7.27. The summed E-state index contributed by atoms with van der Waals surface area (Å²) in [4.78, 5) is 52.2. The van der Waals surface area contributed by atoms with Gasteiger partial charge in [-0.1, -0.05) is 57.0 Å². The Balaban J connectivity index is 1.72.